The van der Waals surface area contributed by atoms with Crippen LogP contribution in [0.5, 0.6) is 11.5 Å². The molecule has 0 spiro atoms. The molecule has 4 aliphatic rings. The minimum Gasteiger partial charge on any atom is -0.510 e. The SMILES string of the molecule is CC(C)(C)c1ccnc(-n2c3[c-]c(Oc4[c-]c(-n5[c-][n+]6c7c(cccc75)-c5ccccc5-c5ccccc5-c5ccccc5-6)ccc4)ccc3c3cc(-c4ccc5c(c4)C4(C)c6ccccc6C6(C)c7ccccc7C5(C)C64C)ccc32)c1.[Pt]. The van der Waals surface area contributed by atoms with Crippen LogP contribution in [-0.4, -0.2) is 14.1 Å². The van der Waals surface area contributed by atoms with Crippen molar-refractivity contribution in [2.45, 2.75) is 70.1 Å². The van der Waals surface area contributed by atoms with E-state index in [4.69, 9.17) is 9.72 Å². The summed E-state index contributed by atoms with van der Waals surface area (Å²) >= 11 is 0. The first-order chi connectivity index (χ1) is 40.3. The first-order valence-electron chi connectivity index (χ1n) is 29.1. The molecule has 0 saturated heterocycles. The fraction of sp³-hybridized carbons (Fsp3) is 0.154. The van der Waals surface area contributed by atoms with Crippen LogP contribution in [0.3, 0.4) is 0 Å². The molecule has 17 rings (SSSR count). The summed E-state index contributed by atoms with van der Waals surface area (Å²) in [4.78, 5) is 5.07. The average molecular weight is 1260 g/mol. The monoisotopic (exact) mass is 1260 g/mol. The van der Waals surface area contributed by atoms with Gasteiger partial charge in [0, 0.05) is 65.9 Å². The number of para-hydroxylation sites is 2. The second-order valence-electron chi connectivity index (χ2n) is 25.2. The van der Waals surface area contributed by atoms with E-state index in [1.165, 1.54) is 72.3 Å². The van der Waals surface area contributed by atoms with Gasteiger partial charge in [0.15, 0.2) is 0 Å². The van der Waals surface area contributed by atoms with Gasteiger partial charge in [0.2, 0.25) is 0 Å². The van der Waals surface area contributed by atoms with E-state index in [-0.39, 0.29) is 48.1 Å². The number of ether oxygens (including phenoxy) is 1. The van der Waals surface area contributed by atoms with E-state index in [0.29, 0.717) is 11.5 Å². The fourth-order valence-electron chi connectivity index (χ4n) is 16.5. The third-order valence-corrected chi connectivity index (χ3v) is 20.7. The summed E-state index contributed by atoms with van der Waals surface area (Å²) in [5.41, 5.74) is 24.4. The van der Waals surface area contributed by atoms with Crippen molar-refractivity contribution in [2.24, 2.45) is 5.41 Å². The maximum Gasteiger partial charge on any atom is 0.268 e. The van der Waals surface area contributed by atoms with Crippen molar-refractivity contribution in [3.8, 4) is 73.2 Å². The Morgan fingerprint density at radius 3 is 1.69 bits per heavy atom. The van der Waals surface area contributed by atoms with Crippen LogP contribution in [0.1, 0.15) is 87.4 Å². The van der Waals surface area contributed by atoms with Gasteiger partial charge in [-0.3, -0.25) is 4.57 Å². The molecule has 0 N–H and O–H groups in total. The van der Waals surface area contributed by atoms with Crippen molar-refractivity contribution in [3.05, 3.63) is 282 Å². The summed E-state index contributed by atoms with van der Waals surface area (Å²) < 4.78 is 13.5. The van der Waals surface area contributed by atoms with Crippen LogP contribution < -0.4 is 9.30 Å². The van der Waals surface area contributed by atoms with Gasteiger partial charge in [0.25, 0.3) is 6.33 Å². The van der Waals surface area contributed by atoms with Gasteiger partial charge in [-0.05, 0) is 130 Å². The number of hydrogen-bond acceptors (Lipinski definition) is 2. The van der Waals surface area contributed by atoms with E-state index >= 15 is 0 Å². The Morgan fingerprint density at radius 2 is 1.01 bits per heavy atom. The molecule has 1 aliphatic heterocycles. The molecule has 0 radical (unpaired) electrons. The van der Waals surface area contributed by atoms with Gasteiger partial charge < -0.3 is 13.9 Å². The molecule has 0 bridgehead atoms. The predicted octanol–water partition coefficient (Wildman–Crippen LogP) is 18.1. The molecule has 4 heterocycles. The van der Waals surface area contributed by atoms with Gasteiger partial charge in [-0.25, -0.2) is 4.98 Å². The summed E-state index contributed by atoms with van der Waals surface area (Å²) in [5.74, 6) is 1.99. The Balaban J connectivity index is 0.00000577. The summed E-state index contributed by atoms with van der Waals surface area (Å²) in [6.45, 7) is 17.0. The van der Waals surface area contributed by atoms with Crippen molar-refractivity contribution in [1.29, 1.82) is 0 Å². The van der Waals surface area contributed by atoms with E-state index < -0.39 is 0 Å². The maximum atomic E-state index is 6.89. The van der Waals surface area contributed by atoms with Crippen LogP contribution >= 0.6 is 0 Å². The molecule has 5 nitrogen and oxygen atoms in total. The molecular weight excluding hydrogens is 1200 g/mol. The topological polar surface area (TPSA) is 35.9 Å². The zero-order valence-corrected chi connectivity index (χ0v) is 50.1. The molecule has 3 aliphatic carbocycles. The van der Waals surface area contributed by atoms with Gasteiger partial charge in [0.05, 0.1) is 16.7 Å². The van der Waals surface area contributed by atoms with Crippen molar-refractivity contribution in [3.63, 3.8) is 0 Å². The Bertz CT molecular complexity index is 4970. The molecule has 84 heavy (non-hydrogen) atoms. The zero-order chi connectivity index (χ0) is 55.9. The number of rotatable bonds is 5. The van der Waals surface area contributed by atoms with Gasteiger partial charge in [-0.1, -0.05) is 212 Å². The predicted molar refractivity (Wildman–Crippen MR) is 334 cm³/mol. The van der Waals surface area contributed by atoms with Crippen molar-refractivity contribution in [1.82, 2.24) is 14.1 Å². The largest absolute Gasteiger partial charge is 0.510 e. The van der Waals surface area contributed by atoms with Gasteiger partial charge >= 0.3 is 0 Å². The van der Waals surface area contributed by atoms with E-state index in [1.54, 1.807) is 0 Å². The Kier molecular flexibility index (Phi) is 10.6. The van der Waals surface area contributed by atoms with Crippen LogP contribution in [0.25, 0.3) is 94.5 Å². The van der Waals surface area contributed by atoms with Crippen LogP contribution in [-0.2, 0) is 42.7 Å². The first-order valence-corrected chi connectivity index (χ1v) is 29.1. The summed E-state index contributed by atoms with van der Waals surface area (Å²) in [5, 5.41) is 2.20. The number of hydrogen-bond donors (Lipinski definition) is 0. The second-order valence-corrected chi connectivity index (χ2v) is 25.2. The fourth-order valence-corrected chi connectivity index (χ4v) is 16.5. The number of fused-ring (bicyclic) bond motifs is 19. The third kappa shape index (κ3) is 6.38. The van der Waals surface area contributed by atoms with Crippen molar-refractivity contribution in [2.75, 3.05) is 0 Å². The number of aromatic nitrogens is 4. The molecule has 4 unspecified atom stereocenters. The third-order valence-electron chi connectivity index (χ3n) is 20.7. The average Bonchev–Trinajstić information content (AvgIpc) is 1.45. The van der Waals surface area contributed by atoms with Crippen LogP contribution in [0.2, 0.25) is 0 Å². The molecule has 13 aromatic rings. The smallest absolute Gasteiger partial charge is 0.268 e. The van der Waals surface area contributed by atoms with E-state index in [1.807, 2.05) is 24.4 Å². The first kappa shape index (κ1) is 50.8. The number of pyridine rings is 1. The van der Waals surface area contributed by atoms with E-state index in [2.05, 4.69) is 281 Å². The molecule has 0 amide bonds. The Hall–Kier alpha value is -8.89. The molecule has 0 saturated carbocycles. The second kappa shape index (κ2) is 17.6. The number of imidazole rings is 1. The molecule has 0 fully saturated rings. The molecular formula is C78H58N4OPt-2. The summed E-state index contributed by atoms with van der Waals surface area (Å²) in [7, 11) is 0. The standard InChI is InChI=1S/C78H58N4O.Pt/c1-74(2,3)50-40-41-79-72(44-50)82-69-39-35-48(49-34-38-66-67(43-49)77(6)65-31-16-15-30-64(65)75(4)62-28-13-14-29-63(62)76(66,5)78(75,77)7)42-61(69)59-37-36-53(46-71(59)82)83-52-21-18-20-51(45-52)80-47-81-68-32-17-12-26-58(68)56-24-10-8-22-54(56)55-23-9-11-25-57(55)60-27-19-33-70(80)73(60)81;/h8-44H,1-7H3;/q-2;. The Morgan fingerprint density at radius 1 is 0.464 bits per heavy atom. The van der Waals surface area contributed by atoms with Crippen LogP contribution in [0.15, 0.2) is 225 Å². The van der Waals surface area contributed by atoms with Crippen molar-refractivity contribution >= 4 is 32.8 Å². The Labute approximate surface area is 504 Å². The minimum absolute atomic E-state index is 0. The minimum atomic E-state index is -0.235. The molecule has 3 aromatic heterocycles. The molecule has 6 heteroatoms. The van der Waals surface area contributed by atoms with Crippen LogP contribution in [0.4, 0.5) is 0 Å². The van der Waals surface area contributed by atoms with Crippen molar-refractivity contribution < 1.29 is 30.4 Å². The van der Waals surface area contributed by atoms with Crippen LogP contribution in [0, 0.1) is 23.9 Å². The summed E-state index contributed by atoms with van der Waals surface area (Å²) in [6, 6.07) is 87.8. The number of nitrogens with zero attached hydrogens (tertiary/aromatic N) is 4. The molecule has 4 atom stereocenters. The quantitative estimate of drug-likeness (QED) is 0.127. The normalized spacial score (nSPS) is 20.2. The number of benzene rings is 10. The summed E-state index contributed by atoms with van der Waals surface area (Å²) in [6.07, 6.45) is 5.76. The van der Waals surface area contributed by atoms with Gasteiger partial charge in [0.1, 0.15) is 5.82 Å². The van der Waals surface area contributed by atoms with E-state index in [0.717, 1.165) is 61.2 Å². The maximum absolute atomic E-state index is 6.89. The van der Waals surface area contributed by atoms with Gasteiger partial charge in [-0.15, -0.1) is 29.7 Å². The van der Waals surface area contributed by atoms with Gasteiger partial charge in [-0.2, -0.15) is 18.2 Å². The zero-order valence-electron chi connectivity index (χ0n) is 47.9. The molecule has 408 valence electrons. The molecule has 10 aromatic carbocycles. The van der Waals surface area contributed by atoms with E-state index in [9.17, 15) is 0 Å².